The van der Waals surface area contributed by atoms with E-state index in [0.717, 1.165) is 0 Å². The first-order chi connectivity index (χ1) is 11.0. The van der Waals surface area contributed by atoms with Gasteiger partial charge >= 0.3 is 5.97 Å². The number of halogens is 2. The summed E-state index contributed by atoms with van der Waals surface area (Å²) in [6, 6.07) is 8.93. The van der Waals surface area contributed by atoms with Crippen LogP contribution in [-0.4, -0.2) is 26.0 Å². The van der Waals surface area contributed by atoms with E-state index >= 15 is 0 Å². The van der Waals surface area contributed by atoms with Gasteiger partial charge in [0.25, 0.3) is 0 Å². The quantitative estimate of drug-likeness (QED) is 0.769. The van der Waals surface area contributed by atoms with Crippen LogP contribution < -0.4 is 0 Å². The highest BCUT2D eigenvalue weighted by Crippen LogP contribution is 2.24. The molecular formula is C16H12ClFN2O3. The van der Waals surface area contributed by atoms with Crippen molar-refractivity contribution in [3.05, 3.63) is 64.1 Å². The predicted octanol–water partition coefficient (Wildman–Crippen LogP) is 3.07. The molecule has 7 heteroatoms. The number of aliphatic hydroxyl groups excluding tert-OH is 1. The Morgan fingerprint density at radius 2 is 2.04 bits per heavy atom. The number of rotatable bonds is 4. The second-order valence-electron chi connectivity index (χ2n) is 5.06. The van der Waals surface area contributed by atoms with Crippen LogP contribution >= 0.6 is 11.6 Å². The molecular weight excluding hydrogens is 323 g/mol. The van der Waals surface area contributed by atoms with Crippen molar-refractivity contribution >= 4 is 28.5 Å². The zero-order valence-corrected chi connectivity index (χ0v) is 12.6. The summed E-state index contributed by atoms with van der Waals surface area (Å²) >= 11 is 6.02. The summed E-state index contributed by atoms with van der Waals surface area (Å²) in [6.07, 6.45) is 0. The van der Waals surface area contributed by atoms with Crippen molar-refractivity contribution in [1.29, 1.82) is 0 Å². The third kappa shape index (κ3) is 2.91. The van der Waals surface area contributed by atoms with Gasteiger partial charge in [-0.05, 0) is 35.4 Å². The maximum absolute atomic E-state index is 13.1. The molecule has 0 fully saturated rings. The number of carbonyl (C=O) groups is 1. The molecule has 0 aliphatic rings. The minimum atomic E-state index is -1.14. The minimum absolute atomic E-state index is 0.0808. The number of aromatic carboxylic acids is 1. The summed E-state index contributed by atoms with van der Waals surface area (Å²) in [5, 5.41) is 23.3. The molecule has 1 heterocycles. The SMILES string of the molecule is O=C(O)c1nn(Cc2ccc(F)cc2Cl)c2cc(CO)ccc12. The summed E-state index contributed by atoms with van der Waals surface area (Å²) in [5.41, 5.74) is 1.74. The molecule has 0 spiro atoms. The smallest absolute Gasteiger partial charge is 0.357 e. The Balaban J connectivity index is 2.14. The molecule has 0 radical (unpaired) electrons. The van der Waals surface area contributed by atoms with Gasteiger partial charge in [-0.1, -0.05) is 23.7 Å². The standard InChI is InChI=1S/C16H12ClFN2O3/c17-13-6-11(18)3-2-10(13)7-20-14-5-9(8-21)1-4-12(14)15(19-20)16(22)23/h1-6,21H,7-8H2,(H,22,23). The van der Waals surface area contributed by atoms with Crippen molar-refractivity contribution in [3.63, 3.8) is 0 Å². The Kier molecular flexibility index (Phi) is 4.02. The molecule has 2 aromatic carbocycles. The zero-order valence-electron chi connectivity index (χ0n) is 11.8. The number of aliphatic hydroxyl groups is 1. The Morgan fingerprint density at radius 3 is 2.70 bits per heavy atom. The zero-order chi connectivity index (χ0) is 16.6. The average molecular weight is 335 g/mol. The second kappa shape index (κ2) is 5.98. The van der Waals surface area contributed by atoms with Crippen LogP contribution in [0.1, 0.15) is 21.6 Å². The van der Waals surface area contributed by atoms with Gasteiger partial charge in [0.05, 0.1) is 18.7 Å². The lowest BCUT2D eigenvalue weighted by atomic mass is 10.1. The summed E-state index contributed by atoms with van der Waals surface area (Å²) in [6.45, 7) is 0.0264. The van der Waals surface area contributed by atoms with Gasteiger partial charge in [0.2, 0.25) is 0 Å². The first-order valence-electron chi connectivity index (χ1n) is 6.77. The number of aromatic nitrogens is 2. The summed E-state index contributed by atoms with van der Waals surface area (Å²) in [7, 11) is 0. The Hall–Kier alpha value is -2.44. The fourth-order valence-corrected chi connectivity index (χ4v) is 2.63. The predicted molar refractivity (Wildman–Crippen MR) is 83.1 cm³/mol. The van der Waals surface area contributed by atoms with Crippen LogP contribution in [0.25, 0.3) is 10.9 Å². The normalized spacial score (nSPS) is 11.1. The van der Waals surface area contributed by atoms with Crippen LogP contribution in [-0.2, 0) is 13.2 Å². The number of nitrogens with zero attached hydrogens (tertiary/aromatic N) is 2. The van der Waals surface area contributed by atoms with Crippen molar-refractivity contribution in [2.24, 2.45) is 0 Å². The molecule has 0 saturated carbocycles. The largest absolute Gasteiger partial charge is 0.476 e. The third-order valence-corrected chi connectivity index (χ3v) is 3.89. The summed E-state index contributed by atoms with van der Waals surface area (Å²) < 4.78 is 14.6. The monoisotopic (exact) mass is 334 g/mol. The molecule has 118 valence electrons. The molecule has 3 rings (SSSR count). The van der Waals surface area contributed by atoms with Gasteiger partial charge in [-0.15, -0.1) is 0 Å². The third-order valence-electron chi connectivity index (χ3n) is 3.54. The van der Waals surface area contributed by atoms with E-state index in [0.29, 0.717) is 22.0 Å². The van der Waals surface area contributed by atoms with Crippen molar-refractivity contribution in [2.45, 2.75) is 13.2 Å². The van der Waals surface area contributed by atoms with E-state index in [9.17, 15) is 19.4 Å². The molecule has 0 saturated heterocycles. The fourth-order valence-electron chi connectivity index (χ4n) is 2.41. The molecule has 1 aromatic heterocycles. The van der Waals surface area contributed by atoms with E-state index in [1.54, 1.807) is 18.2 Å². The van der Waals surface area contributed by atoms with E-state index in [-0.39, 0.29) is 23.9 Å². The number of carboxylic acid groups (broad SMARTS) is 1. The van der Waals surface area contributed by atoms with Crippen molar-refractivity contribution in [2.75, 3.05) is 0 Å². The highest BCUT2D eigenvalue weighted by atomic mass is 35.5. The van der Waals surface area contributed by atoms with E-state index < -0.39 is 11.8 Å². The molecule has 0 bridgehead atoms. The van der Waals surface area contributed by atoms with E-state index in [1.165, 1.54) is 22.9 Å². The average Bonchev–Trinajstić information content (AvgIpc) is 2.88. The number of hydrogen-bond donors (Lipinski definition) is 2. The van der Waals surface area contributed by atoms with Gasteiger partial charge in [0.15, 0.2) is 5.69 Å². The lowest BCUT2D eigenvalue weighted by Crippen LogP contribution is -2.05. The van der Waals surface area contributed by atoms with Crippen LogP contribution in [0.5, 0.6) is 0 Å². The highest BCUT2D eigenvalue weighted by Gasteiger charge is 2.17. The molecule has 0 atom stereocenters. The van der Waals surface area contributed by atoms with Gasteiger partial charge < -0.3 is 10.2 Å². The number of fused-ring (bicyclic) bond motifs is 1. The second-order valence-corrected chi connectivity index (χ2v) is 5.46. The Morgan fingerprint density at radius 1 is 1.26 bits per heavy atom. The summed E-state index contributed by atoms with van der Waals surface area (Å²) in [5.74, 6) is -1.59. The minimum Gasteiger partial charge on any atom is -0.476 e. The first-order valence-corrected chi connectivity index (χ1v) is 7.15. The molecule has 5 nitrogen and oxygen atoms in total. The topological polar surface area (TPSA) is 75.3 Å². The number of benzene rings is 2. The van der Waals surface area contributed by atoms with Crippen LogP contribution in [0.3, 0.4) is 0 Å². The van der Waals surface area contributed by atoms with Gasteiger partial charge in [-0.25, -0.2) is 9.18 Å². The molecule has 0 unspecified atom stereocenters. The maximum Gasteiger partial charge on any atom is 0.357 e. The molecule has 0 aliphatic carbocycles. The van der Waals surface area contributed by atoms with Crippen LogP contribution in [0.4, 0.5) is 4.39 Å². The van der Waals surface area contributed by atoms with Crippen LogP contribution in [0, 0.1) is 5.82 Å². The molecule has 3 aromatic rings. The van der Waals surface area contributed by atoms with E-state index in [4.69, 9.17) is 11.6 Å². The van der Waals surface area contributed by atoms with Gasteiger partial charge in [-0.3, -0.25) is 4.68 Å². The first kappa shape index (κ1) is 15.5. The van der Waals surface area contributed by atoms with Gasteiger partial charge in [-0.2, -0.15) is 5.10 Å². The highest BCUT2D eigenvalue weighted by molar-refractivity contribution is 6.31. The lowest BCUT2D eigenvalue weighted by Gasteiger charge is -2.07. The Bertz CT molecular complexity index is 908. The summed E-state index contributed by atoms with van der Waals surface area (Å²) in [4.78, 5) is 11.3. The van der Waals surface area contributed by atoms with Crippen LogP contribution in [0.2, 0.25) is 5.02 Å². The van der Waals surface area contributed by atoms with Gasteiger partial charge in [0.1, 0.15) is 5.82 Å². The maximum atomic E-state index is 13.1. The molecule has 2 N–H and O–H groups in total. The molecule has 0 amide bonds. The van der Waals surface area contributed by atoms with Crippen molar-refractivity contribution in [1.82, 2.24) is 9.78 Å². The van der Waals surface area contributed by atoms with Gasteiger partial charge in [0, 0.05) is 10.4 Å². The molecule has 23 heavy (non-hydrogen) atoms. The fraction of sp³-hybridized carbons (Fsp3) is 0.125. The van der Waals surface area contributed by atoms with Crippen molar-refractivity contribution < 1.29 is 19.4 Å². The lowest BCUT2D eigenvalue weighted by molar-refractivity contribution is 0.0691. The van der Waals surface area contributed by atoms with E-state index in [2.05, 4.69) is 5.10 Å². The Labute approximate surface area is 135 Å². The molecule has 0 aliphatic heterocycles. The van der Waals surface area contributed by atoms with Crippen LogP contribution in [0.15, 0.2) is 36.4 Å². The number of carboxylic acids is 1. The van der Waals surface area contributed by atoms with E-state index in [1.807, 2.05) is 0 Å². The van der Waals surface area contributed by atoms with Crippen molar-refractivity contribution in [3.8, 4) is 0 Å². The number of hydrogen-bond acceptors (Lipinski definition) is 3.